The molecule has 0 radical (unpaired) electrons. The van der Waals surface area contributed by atoms with Crippen LogP contribution in [0.1, 0.15) is 11.1 Å². The fourth-order valence-corrected chi connectivity index (χ4v) is 5.57. The van der Waals surface area contributed by atoms with Crippen LogP contribution in [0.2, 0.25) is 0 Å². The third-order valence-corrected chi connectivity index (χ3v) is 7.42. The van der Waals surface area contributed by atoms with Crippen molar-refractivity contribution in [3.8, 4) is 35.1 Å². The number of anilines is 5. The topological polar surface area (TPSA) is 81.3 Å². The molecule has 0 saturated carbocycles. The van der Waals surface area contributed by atoms with Gasteiger partial charge >= 0.3 is 0 Å². The van der Waals surface area contributed by atoms with Crippen LogP contribution in [-0.2, 0) is 0 Å². The largest absolute Gasteiger partial charge is 0.453 e. The molecular weight excluding hydrogens is 496 g/mol. The molecule has 0 unspecified atom stereocenters. The van der Waals surface area contributed by atoms with Crippen molar-refractivity contribution in [1.82, 2.24) is 0 Å². The summed E-state index contributed by atoms with van der Waals surface area (Å²) < 4.78 is 12.9. The Bertz CT molecular complexity index is 2140. The van der Waals surface area contributed by atoms with Gasteiger partial charge in [0.25, 0.3) is 0 Å². The second kappa shape index (κ2) is 8.26. The maximum absolute atomic E-state index is 9.62. The number of hydrogen-bond acceptors (Lipinski definition) is 6. The predicted molar refractivity (Wildman–Crippen MR) is 155 cm³/mol. The molecule has 1 N–H and O–H groups in total. The van der Waals surface area contributed by atoms with Gasteiger partial charge in [-0.3, -0.25) is 0 Å². The molecule has 6 aromatic rings. The van der Waals surface area contributed by atoms with Gasteiger partial charge in [-0.25, -0.2) is 0 Å². The van der Waals surface area contributed by atoms with Crippen molar-refractivity contribution < 1.29 is 9.47 Å². The van der Waals surface area contributed by atoms with Crippen LogP contribution in [0.3, 0.4) is 0 Å². The lowest BCUT2D eigenvalue weighted by Crippen LogP contribution is -2.18. The van der Waals surface area contributed by atoms with Crippen LogP contribution in [0.4, 0.5) is 28.4 Å². The van der Waals surface area contributed by atoms with Crippen molar-refractivity contribution in [3.05, 3.63) is 114 Å². The molecule has 0 spiro atoms. The first-order valence-electron chi connectivity index (χ1n) is 12.8. The van der Waals surface area contributed by atoms with E-state index < -0.39 is 0 Å². The minimum Gasteiger partial charge on any atom is -0.453 e. The summed E-state index contributed by atoms with van der Waals surface area (Å²) in [7, 11) is 0. The number of nitrogens with one attached hydrogen (secondary N) is 1. The van der Waals surface area contributed by atoms with Crippen LogP contribution < -0.4 is 19.7 Å². The van der Waals surface area contributed by atoms with E-state index in [1.807, 2.05) is 54.6 Å². The zero-order valence-electron chi connectivity index (χ0n) is 21.0. The van der Waals surface area contributed by atoms with Crippen LogP contribution in [0.25, 0.3) is 21.5 Å². The molecule has 6 aromatic carbocycles. The average molecular weight is 515 g/mol. The molecule has 186 valence electrons. The van der Waals surface area contributed by atoms with E-state index in [-0.39, 0.29) is 0 Å². The number of ether oxygens (including phenoxy) is 2. The molecule has 0 aromatic heterocycles. The van der Waals surface area contributed by atoms with Crippen molar-refractivity contribution in [2.45, 2.75) is 0 Å². The minimum atomic E-state index is 0.520. The second-order valence-electron chi connectivity index (χ2n) is 9.77. The minimum absolute atomic E-state index is 0.520. The zero-order valence-corrected chi connectivity index (χ0v) is 21.0. The molecule has 6 nitrogen and oxygen atoms in total. The van der Waals surface area contributed by atoms with Gasteiger partial charge < -0.3 is 19.7 Å². The monoisotopic (exact) mass is 514 g/mol. The number of rotatable bonds is 1. The SMILES string of the molecule is N#Cc1ccc2c(c1)Oc1cc3ccccc3c(N3c4ccc(C#N)cc4Oc4cc5ccccc5cc43)c1N2. The van der Waals surface area contributed by atoms with E-state index in [2.05, 4.69) is 52.7 Å². The van der Waals surface area contributed by atoms with E-state index >= 15 is 0 Å². The highest BCUT2D eigenvalue weighted by Crippen LogP contribution is 2.58. The Morgan fingerprint density at radius 3 is 2.00 bits per heavy atom. The molecule has 2 aliphatic rings. The highest BCUT2D eigenvalue weighted by atomic mass is 16.5. The van der Waals surface area contributed by atoms with Gasteiger partial charge in [0.1, 0.15) is 5.69 Å². The summed E-state index contributed by atoms with van der Waals surface area (Å²) in [4.78, 5) is 2.19. The van der Waals surface area contributed by atoms with Crippen LogP contribution in [0, 0.1) is 22.7 Å². The molecule has 2 heterocycles. The maximum atomic E-state index is 9.62. The van der Waals surface area contributed by atoms with E-state index in [1.165, 1.54) is 0 Å². The lowest BCUT2D eigenvalue weighted by Gasteiger charge is -2.36. The number of hydrogen-bond donors (Lipinski definition) is 1. The fourth-order valence-electron chi connectivity index (χ4n) is 5.57. The highest BCUT2D eigenvalue weighted by molar-refractivity contribution is 6.11. The van der Waals surface area contributed by atoms with Gasteiger partial charge in [0.15, 0.2) is 23.0 Å². The quantitative estimate of drug-likeness (QED) is 0.235. The summed E-state index contributed by atoms with van der Waals surface area (Å²) in [6.45, 7) is 0. The summed E-state index contributed by atoms with van der Waals surface area (Å²) >= 11 is 0. The average Bonchev–Trinajstić information content (AvgIpc) is 3.00. The maximum Gasteiger partial charge on any atom is 0.153 e. The van der Waals surface area contributed by atoms with Crippen molar-refractivity contribution in [2.75, 3.05) is 10.2 Å². The third-order valence-electron chi connectivity index (χ3n) is 7.42. The third kappa shape index (κ3) is 3.21. The number of nitrogens with zero attached hydrogens (tertiary/aromatic N) is 3. The lowest BCUT2D eigenvalue weighted by molar-refractivity contribution is 0.476. The molecule has 40 heavy (non-hydrogen) atoms. The van der Waals surface area contributed by atoms with E-state index in [0.717, 1.165) is 50.0 Å². The van der Waals surface area contributed by atoms with Gasteiger partial charge in [-0.15, -0.1) is 0 Å². The summed E-state index contributed by atoms with van der Waals surface area (Å²) in [6, 6.07) is 37.9. The van der Waals surface area contributed by atoms with Gasteiger partial charge in [0.05, 0.1) is 46.0 Å². The summed E-state index contributed by atoms with van der Waals surface area (Å²) in [5, 5.41) is 26.8. The van der Waals surface area contributed by atoms with Gasteiger partial charge in [0, 0.05) is 17.5 Å². The molecule has 8 rings (SSSR count). The van der Waals surface area contributed by atoms with Crippen molar-refractivity contribution >= 4 is 50.0 Å². The van der Waals surface area contributed by atoms with Gasteiger partial charge in [-0.1, -0.05) is 48.5 Å². The summed E-state index contributed by atoms with van der Waals surface area (Å²) in [6.07, 6.45) is 0. The Labute approximate surface area is 229 Å². The summed E-state index contributed by atoms with van der Waals surface area (Å²) in [5.41, 5.74) is 5.21. The van der Waals surface area contributed by atoms with Gasteiger partial charge in [-0.2, -0.15) is 10.5 Å². The van der Waals surface area contributed by atoms with Crippen molar-refractivity contribution in [2.24, 2.45) is 0 Å². The molecule has 0 bridgehead atoms. The molecule has 0 aliphatic carbocycles. The van der Waals surface area contributed by atoms with E-state index in [1.54, 1.807) is 18.2 Å². The summed E-state index contributed by atoms with van der Waals surface area (Å²) in [5.74, 6) is 2.54. The normalized spacial score (nSPS) is 12.5. The van der Waals surface area contributed by atoms with E-state index in [0.29, 0.717) is 34.1 Å². The molecule has 0 amide bonds. The van der Waals surface area contributed by atoms with Crippen LogP contribution in [0.15, 0.2) is 103 Å². The first-order valence-corrected chi connectivity index (χ1v) is 12.8. The van der Waals surface area contributed by atoms with Crippen LogP contribution in [-0.4, -0.2) is 0 Å². The first-order chi connectivity index (χ1) is 19.7. The first kappa shape index (κ1) is 22.0. The zero-order chi connectivity index (χ0) is 26.8. The number of nitriles is 2. The Kier molecular flexibility index (Phi) is 4.55. The van der Waals surface area contributed by atoms with E-state index in [4.69, 9.17) is 9.47 Å². The highest BCUT2D eigenvalue weighted by Gasteiger charge is 2.32. The Balaban J connectivity index is 1.45. The molecular formula is C34H18N4O2. The second-order valence-corrected chi connectivity index (χ2v) is 9.77. The van der Waals surface area contributed by atoms with Crippen molar-refractivity contribution in [3.63, 3.8) is 0 Å². The molecule has 0 saturated heterocycles. The lowest BCUT2D eigenvalue weighted by atomic mass is 10.00. The van der Waals surface area contributed by atoms with Gasteiger partial charge in [0.2, 0.25) is 0 Å². The van der Waals surface area contributed by atoms with Crippen LogP contribution >= 0.6 is 0 Å². The molecule has 2 aliphatic heterocycles. The smallest absolute Gasteiger partial charge is 0.153 e. The van der Waals surface area contributed by atoms with Crippen molar-refractivity contribution in [1.29, 1.82) is 10.5 Å². The van der Waals surface area contributed by atoms with Crippen LogP contribution in [0.5, 0.6) is 23.0 Å². The number of benzene rings is 6. The predicted octanol–water partition coefficient (Wildman–Crippen LogP) is 9.16. The number of fused-ring (bicyclic) bond motifs is 6. The Morgan fingerprint density at radius 1 is 0.575 bits per heavy atom. The Morgan fingerprint density at radius 2 is 1.20 bits per heavy atom. The van der Waals surface area contributed by atoms with Gasteiger partial charge in [-0.05, 0) is 58.6 Å². The molecule has 6 heteroatoms. The Hall–Kier alpha value is -5.98. The molecule has 0 fully saturated rings. The fraction of sp³-hybridized carbons (Fsp3) is 0. The molecule has 0 atom stereocenters. The van der Waals surface area contributed by atoms with E-state index in [9.17, 15) is 10.5 Å². The standard InChI is InChI=1S/C34H18N4O2/c35-18-20-9-11-26-29(13-20)39-32-17-24-7-3-4-8-25(24)34(33(32)37-26)38-27-12-10-21(19-36)14-30(27)40-31-16-23-6-2-1-5-22(23)15-28(31)38/h1-17,37H.